The molecule has 3 N–H and O–H groups in total. The topological polar surface area (TPSA) is 54.7 Å². The van der Waals surface area contributed by atoms with Crippen LogP contribution in [0.1, 0.15) is 0 Å². The second-order valence-corrected chi connectivity index (χ2v) is 4.64. The van der Waals surface area contributed by atoms with Gasteiger partial charge in [-0.25, -0.2) is 4.39 Å². The van der Waals surface area contributed by atoms with Crippen LogP contribution in [0.3, 0.4) is 0 Å². The molecular formula is C7H5BrFN3S. The number of aromatic nitrogens is 2. The van der Waals surface area contributed by atoms with E-state index in [1.54, 1.807) is 6.07 Å². The van der Waals surface area contributed by atoms with Crippen molar-refractivity contribution in [3.63, 3.8) is 0 Å². The number of nitrogens with zero attached hydrogens (tertiary/aromatic N) is 1. The molecule has 3 nitrogen and oxygen atoms in total. The molecule has 2 aromatic heterocycles. The molecule has 0 spiro atoms. The predicted molar refractivity (Wildman–Crippen MR) is 54.0 cm³/mol. The fourth-order valence-corrected chi connectivity index (χ4v) is 2.27. The Morgan fingerprint density at radius 2 is 2.38 bits per heavy atom. The van der Waals surface area contributed by atoms with E-state index in [1.807, 2.05) is 5.38 Å². The Balaban J connectivity index is 2.59. The van der Waals surface area contributed by atoms with Crippen LogP contribution in [0.2, 0.25) is 0 Å². The van der Waals surface area contributed by atoms with Crippen LogP contribution >= 0.6 is 27.3 Å². The third kappa shape index (κ3) is 1.36. The van der Waals surface area contributed by atoms with Crippen molar-refractivity contribution in [3.8, 4) is 11.3 Å². The number of thiophene rings is 1. The lowest BCUT2D eigenvalue weighted by molar-refractivity contribution is 0.636. The Bertz CT molecular complexity index is 437. The van der Waals surface area contributed by atoms with Crippen molar-refractivity contribution in [2.24, 2.45) is 0 Å². The van der Waals surface area contributed by atoms with Crippen LogP contribution in [-0.4, -0.2) is 10.2 Å². The molecule has 0 amide bonds. The van der Waals surface area contributed by atoms with Crippen molar-refractivity contribution >= 4 is 33.1 Å². The van der Waals surface area contributed by atoms with Gasteiger partial charge in [-0.05, 0) is 27.4 Å². The molecule has 6 heteroatoms. The second-order valence-electron chi connectivity index (χ2n) is 2.41. The zero-order valence-corrected chi connectivity index (χ0v) is 8.75. The van der Waals surface area contributed by atoms with Gasteiger partial charge in [-0.2, -0.15) is 5.10 Å². The zero-order valence-electron chi connectivity index (χ0n) is 6.34. The molecule has 0 radical (unpaired) electrons. The maximum Gasteiger partial charge on any atom is 0.192 e. The highest BCUT2D eigenvalue weighted by Gasteiger charge is 2.14. The minimum Gasteiger partial charge on any atom is -0.380 e. The van der Waals surface area contributed by atoms with Crippen LogP contribution in [0.5, 0.6) is 0 Å². The number of nitrogens with two attached hydrogens (primary N) is 1. The van der Waals surface area contributed by atoms with E-state index in [-0.39, 0.29) is 5.82 Å². The summed E-state index contributed by atoms with van der Waals surface area (Å²) in [6, 6.07) is 1.80. The summed E-state index contributed by atoms with van der Waals surface area (Å²) in [6.07, 6.45) is 0. The van der Waals surface area contributed by atoms with Crippen LogP contribution in [0, 0.1) is 5.82 Å². The highest BCUT2D eigenvalue weighted by Crippen LogP contribution is 2.34. The first-order valence-corrected chi connectivity index (χ1v) is 5.10. The maximum absolute atomic E-state index is 13.3. The molecule has 0 aliphatic rings. The zero-order chi connectivity index (χ0) is 9.42. The van der Waals surface area contributed by atoms with Crippen molar-refractivity contribution < 1.29 is 4.39 Å². The Kier molecular flexibility index (Phi) is 2.09. The normalized spacial score (nSPS) is 10.6. The Morgan fingerprint density at radius 1 is 1.62 bits per heavy atom. The average Bonchev–Trinajstić information content (AvgIpc) is 2.62. The number of H-pyrrole nitrogens is 1. The van der Waals surface area contributed by atoms with Gasteiger partial charge in [0.2, 0.25) is 0 Å². The summed E-state index contributed by atoms with van der Waals surface area (Å²) in [5.41, 5.74) is 6.33. The summed E-state index contributed by atoms with van der Waals surface area (Å²) in [7, 11) is 0. The van der Waals surface area contributed by atoms with E-state index in [0.717, 1.165) is 9.35 Å². The molecule has 0 saturated carbocycles. The molecule has 0 bridgehead atoms. The van der Waals surface area contributed by atoms with Gasteiger partial charge >= 0.3 is 0 Å². The molecule has 2 aromatic rings. The van der Waals surface area contributed by atoms with Gasteiger partial charge in [0.05, 0.1) is 3.79 Å². The Labute approximate surface area is 85.9 Å². The number of halogens is 2. The molecule has 0 atom stereocenters. The molecular weight excluding hydrogens is 257 g/mol. The molecule has 68 valence electrons. The average molecular weight is 262 g/mol. The van der Waals surface area contributed by atoms with Crippen molar-refractivity contribution in [1.82, 2.24) is 10.2 Å². The Hall–Kier alpha value is -0.880. The SMILES string of the molecule is Nc1n[nH]c(-c2ccsc2Br)c1F. The Morgan fingerprint density at radius 3 is 2.85 bits per heavy atom. The maximum atomic E-state index is 13.3. The molecule has 0 fully saturated rings. The molecule has 0 saturated heterocycles. The van der Waals surface area contributed by atoms with Crippen LogP contribution in [0.4, 0.5) is 10.2 Å². The summed E-state index contributed by atoms with van der Waals surface area (Å²) in [5, 5.41) is 7.98. The van der Waals surface area contributed by atoms with Crippen LogP contribution in [0.15, 0.2) is 15.2 Å². The third-order valence-corrected chi connectivity index (χ3v) is 3.31. The van der Waals surface area contributed by atoms with Crippen LogP contribution in [0.25, 0.3) is 11.3 Å². The minimum absolute atomic E-state index is 0.104. The smallest absolute Gasteiger partial charge is 0.192 e. The van der Waals surface area contributed by atoms with Gasteiger partial charge in [-0.1, -0.05) is 0 Å². The second kappa shape index (κ2) is 3.12. The van der Waals surface area contributed by atoms with E-state index < -0.39 is 5.82 Å². The largest absolute Gasteiger partial charge is 0.380 e. The molecule has 0 unspecified atom stereocenters. The van der Waals surface area contributed by atoms with Gasteiger partial charge in [0.25, 0.3) is 0 Å². The van der Waals surface area contributed by atoms with Crippen LogP contribution < -0.4 is 5.73 Å². The molecule has 0 aromatic carbocycles. The van der Waals surface area contributed by atoms with Crippen LogP contribution in [-0.2, 0) is 0 Å². The molecule has 0 aliphatic heterocycles. The van der Waals surface area contributed by atoms with E-state index in [4.69, 9.17) is 5.73 Å². The lowest BCUT2D eigenvalue weighted by Crippen LogP contribution is -1.87. The summed E-state index contributed by atoms with van der Waals surface area (Å²) >= 11 is 4.79. The van der Waals surface area contributed by atoms with E-state index in [1.165, 1.54) is 11.3 Å². The number of aromatic amines is 1. The highest BCUT2D eigenvalue weighted by molar-refractivity contribution is 9.11. The predicted octanol–water partition coefficient (Wildman–Crippen LogP) is 2.62. The number of rotatable bonds is 1. The quantitative estimate of drug-likeness (QED) is 0.830. The minimum atomic E-state index is -0.501. The number of anilines is 1. The van der Waals surface area contributed by atoms with Gasteiger partial charge in [-0.15, -0.1) is 11.3 Å². The standard InChI is InChI=1S/C7H5BrFN3S/c8-6-3(1-2-13-6)5-4(9)7(10)12-11-5/h1-2H,(H3,10,11,12). The third-order valence-electron chi connectivity index (χ3n) is 1.62. The van der Waals surface area contributed by atoms with Gasteiger partial charge in [0.15, 0.2) is 11.6 Å². The summed E-state index contributed by atoms with van der Waals surface area (Å²) in [5.74, 6) is -0.604. The number of nitrogens with one attached hydrogen (secondary N) is 1. The molecule has 13 heavy (non-hydrogen) atoms. The summed E-state index contributed by atoms with van der Waals surface area (Å²) in [4.78, 5) is 0. The van der Waals surface area contributed by atoms with Gasteiger partial charge in [-0.3, -0.25) is 5.10 Å². The van der Waals surface area contributed by atoms with Crippen molar-refractivity contribution in [1.29, 1.82) is 0 Å². The summed E-state index contributed by atoms with van der Waals surface area (Å²) in [6.45, 7) is 0. The van der Waals surface area contributed by atoms with Gasteiger partial charge in [0.1, 0.15) is 5.69 Å². The lowest BCUT2D eigenvalue weighted by Gasteiger charge is -1.93. The highest BCUT2D eigenvalue weighted by atomic mass is 79.9. The summed E-state index contributed by atoms with van der Waals surface area (Å²) < 4.78 is 14.1. The number of hydrogen-bond donors (Lipinski definition) is 2. The monoisotopic (exact) mass is 261 g/mol. The van der Waals surface area contributed by atoms with E-state index in [2.05, 4.69) is 26.1 Å². The van der Waals surface area contributed by atoms with Gasteiger partial charge in [0, 0.05) is 5.56 Å². The van der Waals surface area contributed by atoms with Crippen molar-refractivity contribution in [2.45, 2.75) is 0 Å². The molecule has 0 aliphatic carbocycles. The van der Waals surface area contributed by atoms with Gasteiger partial charge < -0.3 is 5.73 Å². The van der Waals surface area contributed by atoms with E-state index in [0.29, 0.717) is 5.69 Å². The lowest BCUT2D eigenvalue weighted by atomic mass is 10.2. The molecule has 2 rings (SSSR count). The first kappa shape index (κ1) is 8.71. The van der Waals surface area contributed by atoms with E-state index in [9.17, 15) is 4.39 Å². The van der Waals surface area contributed by atoms with Crippen molar-refractivity contribution in [3.05, 3.63) is 21.1 Å². The first-order chi connectivity index (χ1) is 6.20. The number of nitrogen functional groups attached to an aromatic ring is 1. The molecule has 2 heterocycles. The number of hydrogen-bond acceptors (Lipinski definition) is 3. The van der Waals surface area contributed by atoms with E-state index >= 15 is 0 Å². The fraction of sp³-hybridized carbons (Fsp3) is 0. The van der Waals surface area contributed by atoms with Crippen molar-refractivity contribution in [2.75, 3.05) is 5.73 Å². The fourth-order valence-electron chi connectivity index (χ4n) is 0.993. The first-order valence-electron chi connectivity index (χ1n) is 3.43.